The third kappa shape index (κ3) is 2.34. The zero-order valence-electron chi connectivity index (χ0n) is 11.8. The lowest BCUT2D eigenvalue weighted by Crippen LogP contribution is -1.94. The SMILES string of the molecule is CC(C)Cc1nn2cc(-c3nc4ccccc4s3)nc2s1. The molecule has 0 bridgehead atoms. The number of thiazole rings is 1. The summed E-state index contributed by atoms with van der Waals surface area (Å²) in [6, 6.07) is 8.17. The number of hydrogen-bond acceptors (Lipinski definition) is 5. The molecule has 0 amide bonds. The fourth-order valence-electron chi connectivity index (χ4n) is 2.26. The lowest BCUT2D eigenvalue weighted by molar-refractivity contribution is 0.637. The Balaban J connectivity index is 1.74. The van der Waals surface area contributed by atoms with Crippen LogP contribution in [0.5, 0.6) is 0 Å². The Morgan fingerprint density at radius 2 is 2.00 bits per heavy atom. The van der Waals surface area contributed by atoms with Crippen molar-refractivity contribution in [3.8, 4) is 10.7 Å². The van der Waals surface area contributed by atoms with Crippen LogP contribution in [-0.2, 0) is 6.42 Å². The summed E-state index contributed by atoms with van der Waals surface area (Å²) >= 11 is 3.34. The number of hydrogen-bond donors (Lipinski definition) is 0. The van der Waals surface area contributed by atoms with Crippen LogP contribution < -0.4 is 0 Å². The maximum Gasteiger partial charge on any atom is 0.212 e. The van der Waals surface area contributed by atoms with Gasteiger partial charge < -0.3 is 0 Å². The minimum atomic E-state index is 0.615. The van der Waals surface area contributed by atoms with E-state index < -0.39 is 0 Å². The van der Waals surface area contributed by atoms with Gasteiger partial charge in [0.2, 0.25) is 4.96 Å². The summed E-state index contributed by atoms with van der Waals surface area (Å²) in [7, 11) is 0. The zero-order chi connectivity index (χ0) is 14.4. The first-order valence-electron chi connectivity index (χ1n) is 6.90. The number of fused-ring (bicyclic) bond motifs is 2. The Hall–Kier alpha value is -1.79. The van der Waals surface area contributed by atoms with Crippen LogP contribution in [0.15, 0.2) is 30.5 Å². The number of para-hydroxylation sites is 1. The van der Waals surface area contributed by atoms with Gasteiger partial charge in [-0.25, -0.2) is 14.5 Å². The van der Waals surface area contributed by atoms with Gasteiger partial charge in [0.25, 0.3) is 0 Å². The molecule has 3 aromatic heterocycles. The maximum atomic E-state index is 4.67. The van der Waals surface area contributed by atoms with E-state index in [9.17, 15) is 0 Å². The number of imidazole rings is 1. The summed E-state index contributed by atoms with van der Waals surface area (Å²) in [5, 5.41) is 6.70. The van der Waals surface area contributed by atoms with Gasteiger partial charge in [-0.05, 0) is 18.1 Å². The third-order valence-electron chi connectivity index (χ3n) is 3.18. The van der Waals surface area contributed by atoms with Crippen molar-refractivity contribution in [2.75, 3.05) is 0 Å². The summed E-state index contributed by atoms with van der Waals surface area (Å²) in [6.45, 7) is 4.41. The predicted molar refractivity (Wildman–Crippen MR) is 88.0 cm³/mol. The van der Waals surface area contributed by atoms with Gasteiger partial charge in [0.05, 0.1) is 16.4 Å². The number of benzene rings is 1. The average Bonchev–Trinajstić information content (AvgIpc) is 3.08. The van der Waals surface area contributed by atoms with Crippen molar-refractivity contribution in [2.24, 2.45) is 5.92 Å². The summed E-state index contributed by atoms with van der Waals surface area (Å²) in [6.07, 6.45) is 2.98. The van der Waals surface area contributed by atoms with Crippen LogP contribution in [0.3, 0.4) is 0 Å². The Morgan fingerprint density at radius 1 is 1.14 bits per heavy atom. The van der Waals surface area contributed by atoms with E-state index in [4.69, 9.17) is 0 Å². The highest BCUT2D eigenvalue weighted by Gasteiger charge is 2.13. The Morgan fingerprint density at radius 3 is 2.76 bits per heavy atom. The van der Waals surface area contributed by atoms with Gasteiger partial charge in [-0.2, -0.15) is 5.10 Å². The summed E-state index contributed by atoms with van der Waals surface area (Å²) in [5.41, 5.74) is 1.94. The van der Waals surface area contributed by atoms with E-state index in [-0.39, 0.29) is 0 Å². The van der Waals surface area contributed by atoms with Gasteiger partial charge in [-0.1, -0.05) is 37.3 Å². The highest BCUT2D eigenvalue weighted by Crippen LogP contribution is 2.30. The molecule has 0 fully saturated rings. The Kier molecular flexibility index (Phi) is 3.01. The number of aromatic nitrogens is 4. The second kappa shape index (κ2) is 4.89. The molecular weight excluding hydrogens is 300 g/mol. The standard InChI is InChI=1S/C15H14N4S2/c1-9(2)7-13-18-19-8-11(17-15(19)21-13)14-16-10-5-3-4-6-12(10)20-14/h3-6,8-9H,7H2,1-2H3. The molecule has 0 radical (unpaired) electrons. The first-order valence-corrected chi connectivity index (χ1v) is 8.53. The lowest BCUT2D eigenvalue weighted by Gasteiger charge is -1.97. The smallest absolute Gasteiger partial charge is 0.212 e. The van der Waals surface area contributed by atoms with Crippen LogP contribution >= 0.6 is 22.7 Å². The van der Waals surface area contributed by atoms with Crippen LogP contribution in [-0.4, -0.2) is 19.6 Å². The predicted octanol–water partition coefficient (Wildman–Crippen LogP) is 4.27. The molecule has 1 aromatic carbocycles. The summed E-state index contributed by atoms with van der Waals surface area (Å²) in [5.74, 6) is 0.615. The van der Waals surface area contributed by atoms with Crippen molar-refractivity contribution in [3.05, 3.63) is 35.5 Å². The van der Waals surface area contributed by atoms with Gasteiger partial charge in [-0.3, -0.25) is 0 Å². The molecule has 0 N–H and O–H groups in total. The topological polar surface area (TPSA) is 43.1 Å². The molecule has 0 saturated carbocycles. The van der Waals surface area contributed by atoms with Crippen molar-refractivity contribution < 1.29 is 0 Å². The van der Waals surface area contributed by atoms with E-state index >= 15 is 0 Å². The van der Waals surface area contributed by atoms with Gasteiger partial charge in [-0.15, -0.1) is 11.3 Å². The van der Waals surface area contributed by atoms with Crippen molar-refractivity contribution >= 4 is 37.9 Å². The first kappa shape index (κ1) is 12.9. The van der Waals surface area contributed by atoms with Crippen LogP contribution in [0.25, 0.3) is 25.9 Å². The Labute approximate surface area is 130 Å². The summed E-state index contributed by atoms with van der Waals surface area (Å²) in [4.78, 5) is 10.3. The highest BCUT2D eigenvalue weighted by atomic mass is 32.1. The summed E-state index contributed by atoms with van der Waals surface area (Å²) < 4.78 is 3.07. The fraction of sp³-hybridized carbons (Fsp3) is 0.267. The molecule has 6 heteroatoms. The molecule has 0 aliphatic heterocycles. The fourth-order valence-corrected chi connectivity index (χ4v) is 4.27. The normalized spacial score (nSPS) is 12.0. The van der Waals surface area contributed by atoms with E-state index in [1.807, 2.05) is 28.9 Å². The molecule has 0 aliphatic carbocycles. The molecule has 21 heavy (non-hydrogen) atoms. The van der Waals surface area contributed by atoms with Crippen molar-refractivity contribution in [1.29, 1.82) is 0 Å². The van der Waals surface area contributed by atoms with E-state index in [0.29, 0.717) is 5.92 Å². The molecule has 3 heterocycles. The van der Waals surface area contributed by atoms with E-state index in [2.05, 4.69) is 35.0 Å². The minimum Gasteiger partial charge on any atom is -0.234 e. The van der Waals surface area contributed by atoms with Crippen LogP contribution in [0.1, 0.15) is 18.9 Å². The number of nitrogens with zero attached hydrogens (tertiary/aromatic N) is 4. The third-order valence-corrected chi connectivity index (χ3v) is 5.18. The van der Waals surface area contributed by atoms with Crippen molar-refractivity contribution in [1.82, 2.24) is 19.6 Å². The quantitative estimate of drug-likeness (QED) is 0.567. The van der Waals surface area contributed by atoms with Crippen molar-refractivity contribution in [3.63, 3.8) is 0 Å². The largest absolute Gasteiger partial charge is 0.234 e. The maximum absolute atomic E-state index is 4.67. The van der Waals surface area contributed by atoms with Gasteiger partial charge in [0.1, 0.15) is 15.7 Å². The average molecular weight is 314 g/mol. The molecule has 4 rings (SSSR count). The molecule has 0 unspecified atom stereocenters. The second-order valence-corrected chi connectivity index (χ2v) is 7.50. The van der Waals surface area contributed by atoms with Gasteiger partial charge in [0, 0.05) is 6.42 Å². The van der Waals surface area contributed by atoms with Crippen LogP contribution in [0.4, 0.5) is 0 Å². The van der Waals surface area contributed by atoms with Crippen LogP contribution in [0, 0.1) is 5.92 Å². The molecular formula is C15H14N4S2. The molecule has 0 atom stereocenters. The molecule has 4 nitrogen and oxygen atoms in total. The highest BCUT2D eigenvalue weighted by molar-refractivity contribution is 7.21. The Bertz CT molecular complexity index is 852. The van der Waals surface area contributed by atoms with E-state index in [1.165, 1.54) is 4.70 Å². The van der Waals surface area contributed by atoms with E-state index in [1.54, 1.807) is 22.7 Å². The van der Waals surface area contributed by atoms with Gasteiger partial charge >= 0.3 is 0 Å². The first-order chi connectivity index (χ1) is 10.2. The molecule has 0 saturated heterocycles. The molecule has 4 aromatic rings. The van der Waals surface area contributed by atoms with Crippen LogP contribution in [0.2, 0.25) is 0 Å². The minimum absolute atomic E-state index is 0.615. The van der Waals surface area contributed by atoms with Crippen molar-refractivity contribution in [2.45, 2.75) is 20.3 Å². The number of rotatable bonds is 3. The van der Waals surface area contributed by atoms with E-state index in [0.717, 1.165) is 32.6 Å². The zero-order valence-corrected chi connectivity index (χ0v) is 13.4. The lowest BCUT2D eigenvalue weighted by atomic mass is 10.1. The monoisotopic (exact) mass is 314 g/mol. The van der Waals surface area contributed by atoms with Gasteiger partial charge in [0.15, 0.2) is 0 Å². The second-order valence-electron chi connectivity index (χ2n) is 5.43. The molecule has 0 spiro atoms. The molecule has 0 aliphatic rings. The molecule has 106 valence electrons.